The lowest BCUT2D eigenvalue weighted by Gasteiger charge is -2.44. The summed E-state index contributed by atoms with van der Waals surface area (Å²) in [6.07, 6.45) is 0.685. The first-order valence-electron chi connectivity index (χ1n) is 8.28. The zero-order valence-electron chi connectivity index (χ0n) is 14.9. The Labute approximate surface area is 147 Å². The van der Waals surface area contributed by atoms with Crippen LogP contribution in [0.2, 0.25) is 0 Å². The molecule has 0 heterocycles. The van der Waals surface area contributed by atoms with Crippen molar-refractivity contribution in [3.8, 4) is 23.0 Å². The molecule has 2 aromatic rings. The zero-order chi connectivity index (χ0) is 18.4. The van der Waals surface area contributed by atoms with E-state index >= 15 is 0 Å². The first kappa shape index (κ1) is 17.4. The summed E-state index contributed by atoms with van der Waals surface area (Å²) in [6, 6.07) is 8.57. The van der Waals surface area contributed by atoms with Gasteiger partial charge in [0.2, 0.25) is 0 Å². The Balaban J connectivity index is 2.22. The predicted molar refractivity (Wildman–Crippen MR) is 94.7 cm³/mol. The molecule has 0 aliphatic heterocycles. The van der Waals surface area contributed by atoms with Crippen molar-refractivity contribution in [1.82, 2.24) is 0 Å². The number of methoxy groups -OCH3 is 2. The molecule has 1 aliphatic rings. The average Bonchev–Trinajstić information content (AvgIpc) is 2.57. The monoisotopic (exact) mass is 344 g/mol. The normalized spacial score (nSPS) is 25.3. The van der Waals surface area contributed by atoms with E-state index in [1.807, 2.05) is 19.9 Å². The summed E-state index contributed by atoms with van der Waals surface area (Å²) in [7, 11) is 3.01. The number of aromatic hydroxyl groups is 2. The lowest BCUT2D eigenvalue weighted by atomic mass is 9.65. The molecule has 0 fully saturated rings. The van der Waals surface area contributed by atoms with Crippen LogP contribution in [-0.2, 0) is 6.42 Å². The van der Waals surface area contributed by atoms with Crippen molar-refractivity contribution in [3.63, 3.8) is 0 Å². The minimum absolute atomic E-state index is 0.000882. The fourth-order valence-corrected chi connectivity index (χ4v) is 3.76. The first-order chi connectivity index (χ1) is 11.8. The van der Waals surface area contributed by atoms with Crippen molar-refractivity contribution in [3.05, 3.63) is 47.0 Å². The Hall–Kier alpha value is -2.40. The van der Waals surface area contributed by atoms with Crippen molar-refractivity contribution >= 4 is 0 Å². The molecule has 0 bridgehead atoms. The van der Waals surface area contributed by atoms with Crippen LogP contribution in [0.15, 0.2) is 30.3 Å². The quantitative estimate of drug-likeness (QED) is 0.797. The number of hydrogen-bond acceptors (Lipinski definition) is 5. The largest absolute Gasteiger partial charge is 0.504 e. The summed E-state index contributed by atoms with van der Waals surface area (Å²) in [4.78, 5) is 0. The third-order valence-electron chi connectivity index (χ3n) is 5.40. The Kier molecular flexibility index (Phi) is 4.29. The summed E-state index contributed by atoms with van der Waals surface area (Å²) < 4.78 is 10.4. The van der Waals surface area contributed by atoms with Crippen molar-refractivity contribution in [1.29, 1.82) is 0 Å². The van der Waals surface area contributed by atoms with Gasteiger partial charge in [0, 0.05) is 5.92 Å². The Bertz CT molecular complexity index is 797. The number of hydrogen-bond donors (Lipinski definition) is 3. The molecule has 5 heteroatoms. The molecule has 0 radical (unpaired) electrons. The number of rotatable bonds is 3. The molecule has 134 valence electrons. The fraction of sp³-hybridized carbons (Fsp3) is 0.400. The van der Waals surface area contributed by atoms with Gasteiger partial charge in [0.05, 0.1) is 19.8 Å². The van der Waals surface area contributed by atoms with Gasteiger partial charge in [-0.05, 0) is 60.2 Å². The summed E-state index contributed by atoms with van der Waals surface area (Å²) >= 11 is 0. The third-order valence-corrected chi connectivity index (χ3v) is 5.40. The average molecular weight is 344 g/mol. The molecule has 5 nitrogen and oxygen atoms in total. The van der Waals surface area contributed by atoms with Gasteiger partial charge in [-0.1, -0.05) is 13.0 Å². The second-order valence-corrected chi connectivity index (χ2v) is 6.92. The Morgan fingerprint density at radius 2 is 1.64 bits per heavy atom. The van der Waals surface area contributed by atoms with Crippen LogP contribution in [0.25, 0.3) is 0 Å². The van der Waals surface area contributed by atoms with E-state index in [4.69, 9.17) is 9.47 Å². The maximum atomic E-state index is 11.2. The van der Waals surface area contributed by atoms with Crippen LogP contribution in [0.4, 0.5) is 0 Å². The van der Waals surface area contributed by atoms with Crippen LogP contribution in [0, 0.1) is 5.92 Å². The van der Waals surface area contributed by atoms with Crippen molar-refractivity contribution in [2.24, 2.45) is 5.92 Å². The smallest absolute Gasteiger partial charge is 0.160 e. The summed E-state index contributed by atoms with van der Waals surface area (Å²) in [5.41, 5.74) is 1.69. The van der Waals surface area contributed by atoms with Crippen LogP contribution in [-0.4, -0.2) is 35.1 Å². The van der Waals surface area contributed by atoms with E-state index in [9.17, 15) is 15.3 Å². The van der Waals surface area contributed by atoms with E-state index in [-0.39, 0.29) is 23.3 Å². The van der Waals surface area contributed by atoms with Gasteiger partial charge in [-0.2, -0.15) is 0 Å². The number of phenolic OH excluding ortho intramolecular Hbond substituents is 2. The van der Waals surface area contributed by atoms with Crippen LogP contribution in [0.3, 0.4) is 0 Å². The second kappa shape index (κ2) is 6.15. The molecule has 0 aromatic heterocycles. The zero-order valence-corrected chi connectivity index (χ0v) is 14.9. The maximum Gasteiger partial charge on any atom is 0.160 e. The number of ether oxygens (including phenoxy) is 2. The van der Waals surface area contributed by atoms with E-state index in [1.165, 1.54) is 14.2 Å². The molecule has 0 unspecified atom stereocenters. The van der Waals surface area contributed by atoms with Crippen LogP contribution in [0.5, 0.6) is 23.0 Å². The standard InChI is InChI=1S/C20H24O5/c1-11-7-13-9-18(25-4)16(22)10-14(13)19(20(11,2)23)12-5-6-15(21)17(8-12)24-3/h5-6,8-11,19,21-23H,7H2,1-4H3/t11-,19-,20-/m1/s1. The number of benzene rings is 2. The van der Waals surface area contributed by atoms with Crippen molar-refractivity contribution < 1.29 is 24.8 Å². The molecule has 25 heavy (non-hydrogen) atoms. The summed E-state index contributed by atoms with van der Waals surface area (Å²) in [5.74, 6) is 0.506. The van der Waals surface area contributed by atoms with Crippen LogP contribution >= 0.6 is 0 Å². The van der Waals surface area contributed by atoms with E-state index < -0.39 is 5.60 Å². The molecule has 1 aliphatic carbocycles. The summed E-state index contributed by atoms with van der Waals surface area (Å²) in [6.45, 7) is 3.82. The van der Waals surface area contributed by atoms with Gasteiger partial charge in [0.25, 0.3) is 0 Å². The SMILES string of the molecule is COc1cc([C@@H]2c3cc(O)c(OC)cc3C[C@@H](C)[C@@]2(C)O)ccc1O. The molecule has 3 rings (SSSR count). The molecule has 0 amide bonds. The highest BCUT2D eigenvalue weighted by Gasteiger charge is 2.44. The van der Waals surface area contributed by atoms with Gasteiger partial charge in [0.1, 0.15) is 0 Å². The Morgan fingerprint density at radius 3 is 2.28 bits per heavy atom. The second-order valence-electron chi connectivity index (χ2n) is 6.92. The highest BCUT2D eigenvalue weighted by atomic mass is 16.5. The van der Waals surface area contributed by atoms with Crippen LogP contribution < -0.4 is 9.47 Å². The number of aliphatic hydroxyl groups is 1. The molecule has 0 spiro atoms. The lowest BCUT2D eigenvalue weighted by Crippen LogP contribution is -2.44. The molecular formula is C20H24O5. The highest BCUT2D eigenvalue weighted by molar-refractivity contribution is 5.54. The molecule has 3 N–H and O–H groups in total. The minimum atomic E-state index is -1.02. The van der Waals surface area contributed by atoms with Gasteiger partial charge >= 0.3 is 0 Å². The van der Waals surface area contributed by atoms with Crippen LogP contribution in [0.1, 0.15) is 36.5 Å². The van der Waals surface area contributed by atoms with E-state index in [2.05, 4.69) is 0 Å². The number of fused-ring (bicyclic) bond motifs is 1. The van der Waals surface area contributed by atoms with Crippen molar-refractivity contribution in [2.75, 3.05) is 14.2 Å². The lowest BCUT2D eigenvalue weighted by molar-refractivity contribution is -0.0162. The van der Waals surface area contributed by atoms with E-state index in [0.29, 0.717) is 17.9 Å². The molecule has 0 saturated carbocycles. The van der Waals surface area contributed by atoms with Gasteiger partial charge in [-0.15, -0.1) is 0 Å². The highest BCUT2D eigenvalue weighted by Crippen LogP contribution is 2.49. The van der Waals surface area contributed by atoms with Gasteiger partial charge in [0.15, 0.2) is 23.0 Å². The first-order valence-corrected chi connectivity index (χ1v) is 8.28. The van der Waals surface area contributed by atoms with Gasteiger partial charge in [-0.3, -0.25) is 0 Å². The van der Waals surface area contributed by atoms with Gasteiger partial charge < -0.3 is 24.8 Å². The van der Waals surface area contributed by atoms with Crippen molar-refractivity contribution in [2.45, 2.75) is 31.8 Å². The van der Waals surface area contributed by atoms with Gasteiger partial charge in [-0.25, -0.2) is 0 Å². The number of phenols is 2. The molecule has 0 saturated heterocycles. The maximum absolute atomic E-state index is 11.2. The van der Waals surface area contributed by atoms with E-state index in [0.717, 1.165) is 16.7 Å². The van der Waals surface area contributed by atoms with E-state index in [1.54, 1.807) is 24.3 Å². The predicted octanol–water partition coefficient (Wildman–Crippen LogP) is 3.19. The topological polar surface area (TPSA) is 79.2 Å². The molecule has 2 aromatic carbocycles. The fourth-order valence-electron chi connectivity index (χ4n) is 3.76. The molecule has 3 atom stereocenters. The molecular weight excluding hydrogens is 320 g/mol. The summed E-state index contributed by atoms with van der Waals surface area (Å²) in [5, 5.41) is 31.4. The Morgan fingerprint density at radius 1 is 1.00 bits per heavy atom. The minimum Gasteiger partial charge on any atom is -0.504 e. The third kappa shape index (κ3) is 2.78.